The first kappa shape index (κ1) is 31.5. The quantitative estimate of drug-likeness (QED) is 0.150. The molecular weight excluding hydrogens is 592 g/mol. The van der Waals surface area contributed by atoms with Crippen LogP contribution in [-0.2, 0) is 4.79 Å². The molecule has 240 valence electrons. The minimum Gasteiger partial charge on any atom is -0.358 e. The van der Waals surface area contributed by atoms with Gasteiger partial charge in [0.1, 0.15) is 0 Å². The van der Waals surface area contributed by atoms with Gasteiger partial charge in [-0.2, -0.15) is 0 Å². The van der Waals surface area contributed by atoms with Crippen LogP contribution in [0, 0.1) is 20.8 Å². The Morgan fingerprint density at radius 2 is 1.60 bits per heavy atom. The number of benzene rings is 3. The van der Waals surface area contributed by atoms with E-state index < -0.39 is 0 Å². The highest BCUT2D eigenvalue weighted by Gasteiger charge is 2.27. The van der Waals surface area contributed by atoms with E-state index in [1.165, 1.54) is 12.8 Å². The van der Waals surface area contributed by atoms with Gasteiger partial charge in [-0.25, -0.2) is 0 Å². The maximum atomic E-state index is 13.3. The van der Waals surface area contributed by atoms with Crippen LogP contribution < -0.4 is 21.3 Å². The number of aromatic amines is 1. The zero-order valence-electron chi connectivity index (χ0n) is 26.8. The van der Waals surface area contributed by atoms with Crippen LogP contribution in [0.2, 0.25) is 0 Å². The third kappa shape index (κ3) is 6.87. The molecule has 1 saturated heterocycles. The number of amides is 4. The fourth-order valence-corrected chi connectivity index (χ4v) is 6.13. The number of rotatable bonds is 9. The number of hydrogen-bond donors (Lipinski definition) is 5. The molecule has 5 N–H and O–H groups in total. The van der Waals surface area contributed by atoms with Gasteiger partial charge in [-0.3, -0.25) is 19.2 Å². The van der Waals surface area contributed by atoms with E-state index in [1.807, 2.05) is 32.9 Å². The molecular formula is C37H38N6O4. The van der Waals surface area contributed by atoms with E-state index in [0.717, 1.165) is 36.5 Å². The van der Waals surface area contributed by atoms with Crippen LogP contribution in [0.1, 0.15) is 72.0 Å². The van der Waals surface area contributed by atoms with Crippen LogP contribution in [0.25, 0.3) is 11.6 Å². The van der Waals surface area contributed by atoms with Crippen molar-refractivity contribution in [1.82, 2.24) is 15.2 Å². The number of H-pyrrole nitrogens is 1. The summed E-state index contributed by atoms with van der Waals surface area (Å²) in [5.74, 6) is -1.03. The molecule has 1 fully saturated rings. The number of aromatic nitrogens is 1. The topological polar surface area (TPSA) is 135 Å². The maximum Gasteiger partial charge on any atom is 0.256 e. The molecule has 2 aliphatic heterocycles. The Kier molecular flexibility index (Phi) is 9.03. The molecule has 1 aromatic heterocycles. The van der Waals surface area contributed by atoms with Gasteiger partial charge in [0.05, 0.1) is 11.1 Å². The predicted molar refractivity (Wildman–Crippen MR) is 185 cm³/mol. The Balaban J connectivity index is 1.15. The number of nitrogens with zero attached hydrogens (tertiary/aromatic N) is 1. The zero-order valence-corrected chi connectivity index (χ0v) is 26.8. The number of likely N-dealkylation sites (tertiary alicyclic amines) is 1. The summed E-state index contributed by atoms with van der Waals surface area (Å²) in [5.41, 5.74) is 7.22. The molecule has 0 spiro atoms. The summed E-state index contributed by atoms with van der Waals surface area (Å²) >= 11 is 0. The van der Waals surface area contributed by atoms with Gasteiger partial charge in [0.2, 0.25) is 0 Å². The zero-order chi connectivity index (χ0) is 33.1. The average Bonchev–Trinajstić information content (AvgIpc) is 3.76. The van der Waals surface area contributed by atoms with Crippen LogP contribution in [0.3, 0.4) is 0 Å². The lowest BCUT2D eigenvalue weighted by atomic mass is 10.0. The van der Waals surface area contributed by atoms with Crippen molar-refractivity contribution in [1.29, 1.82) is 0 Å². The van der Waals surface area contributed by atoms with E-state index >= 15 is 0 Å². The van der Waals surface area contributed by atoms with Crippen LogP contribution >= 0.6 is 0 Å². The first-order valence-electron chi connectivity index (χ1n) is 15.8. The Labute approximate surface area is 273 Å². The van der Waals surface area contributed by atoms with Crippen molar-refractivity contribution < 1.29 is 19.2 Å². The predicted octanol–water partition coefficient (Wildman–Crippen LogP) is 5.76. The lowest BCUT2D eigenvalue weighted by molar-refractivity contribution is -0.110. The van der Waals surface area contributed by atoms with Crippen molar-refractivity contribution >= 4 is 52.3 Å². The van der Waals surface area contributed by atoms with Gasteiger partial charge < -0.3 is 31.2 Å². The van der Waals surface area contributed by atoms with Gasteiger partial charge in [-0.15, -0.1) is 0 Å². The highest BCUT2D eigenvalue weighted by molar-refractivity contribution is 6.35. The SMILES string of the molecule is Cc1ccc(NC(=O)c2ccccc2)cc1NC(=O)c1ccc2c(c1)NC(=O)C2=Cc1[nH]c(C)c(C(=O)NCCN2CCCC2)c1C. The second kappa shape index (κ2) is 13.5. The van der Waals surface area contributed by atoms with E-state index in [0.29, 0.717) is 57.1 Å². The molecule has 0 saturated carbocycles. The molecule has 4 aromatic rings. The molecule has 3 heterocycles. The van der Waals surface area contributed by atoms with E-state index in [9.17, 15) is 19.2 Å². The van der Waals surface area contributed by atoms with Gasteiger partial charge >= 0.3 is 0 Å². The molecule has 0 bridgehead atoms. The van der Waals surface area contributed by atoms with E-state index in [-0.39, 0.29) is 23.6 Å². The number of anilines is 3. The maximum absolute atomic E-state index is 13.3. The molecule has 0 atom stereocenters. The smallest absolute Gasteiger partial charge is 0.256 e. The number of aryl methyl sites for hydroxylation is 2. The van der Waals surface area contributed by atoms with E-state index in [4.69, 9.17) is 0 Å². The number of hydrogen-bond acceptors (Lipinski definition) is 5. The van der Waals surface area contributed by atoms with E-state index in [2.05, 4.69) is 31.2 Å². The standard InChI is InChI=1S/C37H38N6O4/c1-22-11-13-27(40-34(44)25-9-5-4-6-10-25)20-30(22)41-35(45)26-12-14-28-29(36(46)42-32(28)19-26)21-31-23(2)33(24(3)39-31)37(47)38-15-18-43-16-7-8-17-43/h4-6,9-14,19-21,39H,7-8,15-18H2,1-3H3,(H,38,47)(H,40,44)(H,41,45)(H,42,46). The highest BCUT2D eigenvalue weighted by atomic mass is 16.2. The van der Waals surface area contributed by atoms with Gasteiger partial charge in [0.15, 0.2) is 0 Å². The molecule has 4 amide bonds. The minimum atomic E-state index is -0.356. The molecule has 0 aliphatic carbocycles. The molecule has 10 nitrogen and oxygen atoms in total. The van der Waals surface area contributed by atoms with Gasteiger partial charge in [0.25, 0.3) is 23.6 Å². The minimum absolute atomic E-state index is 0.133. The molecule has 47 heavy (non-hydrogen) atoms. The number of carbonyl (C=O) groups is 4. The monoisotopic (exact) mass is 630 g/mol. The molecule has 2 aliphatic rings. The van der Waals surface area contributed by atoms with Gasteiger partial charge in [0, 0.05) is 58.2 Å². The van der Waals surface area contributed by atoms with Crippen LogP contribution in [0.5, 0.6) is 0 Å². The summed E-state index contributed by atoms with van der Waals surface area (Å²) in [6.07, 6.45) is 4.17. The average molecular weight is 631 g/mol. The summed E-state index contributed by atoms with van der Waals surface area (Å²) in [4.78, 5) is 57.7. The number of carbonyl (C=O) groups excluding carboxylic acids is 4. The summed E-state index contributed by atoms with van der Waals surface area (Å²) in [6, 6.07) is 19.3. The van der Waals surface area contributed by atoms with Crippen molar-refractivity contribution in [3.05, 3.63) is 111 Å². The van der Waals surface area contributed by atoms with Crippen LogP contribution in [-0.4, -0.2) is 59.7 Å². The third-order valence-corrected chi connectivity index (χ3v) is 8.75. The summed E-state index contributed by atoms with van der Waals surface area (Å²) in [5, 5.41) is 11.7. The van der Waals surface area contributed by atoms with Gasteiger partial charge in [-0.1, -0.05) is 30.3 Å². The number of nitrogens with one attached hydrogen (secondary N) is 5. The molecule has 0 unspecified atom stereocenters. The summed E-state index contributed by atoms with van der Waals surface area (Å²) in [7, 11) is 0. The Morgan fingerprint density at radius 1 is 0.851 bits per heavy atom. The normalized spacial score (nSPS) is 15.0. The van der Waals surface area contributed by atoms with Gasteiger partial charge in [-0.05, 0) is 100 Å². The van der Waals surface area contributed by atoms with Crippen molar-refractivity contribution in [2.24, 2.45) is 0 Å². The largest absolute Gasteiger partial charge is 0.358 e. The molecule has 0 radical (unpaired) electrons. The second-order valence-corrected chi connectivity index (χ2v) is 12.0. The van der Waals surface area contributed by atoms with Crippen molar-refractivity contribution in [2.75, 3.05) is 42.1 Å². The lowest BCUT2D eigenvalue weighted by Crippen LogP contribution is -2.33. The highest BCUT2D eigenvalue weighted by Crippen LogP contribution is 2.35. The summed E-state index contributed by atoms with van der Waals surface area (Å²) < 4.78 is 0. The molecule has 3 aromatic carbocycles. The van der Waals surface area contributed by atoms with Crippen molar-refractivity contribution in [2.45, 2.75) is 33.6 Å². The fourth-order valence-electron chi connectivity index (χ4n) is 6.13. The summed E-state index contributed by atoms with van der Waals surface area (Å²) in [6.45, 7) is 9.17. The fraction of sp³-hybridized carbons (Fsp3) is 0.243. The Bertz CT molecular complexity index is 1900. The molecule has 10 heteroatoms. The second-order valence-electron chi connectivity index (χ2n) is 12.0. The Morgan fingerprint density at radius 3 is 2.36 bits per heavy atom. The van der Waals surface area contributed by atoms with Crippen molar-refractivity contribution in [3.8, 4) is 0 Å². The first-order chi connectivity index (χ1) is 22.7. The third-order valence-electron chi connectivity index (χ3n) is 8.75. The van der Waals surface area contributed by atoms with Crippen LogP contribution in [0.15, 0.2) is 66.7 Å². The van der Waals surface area contributed by atoms with E-state index in [1.54, 1.807) is 60.7 Å². The van der Waals surface area contributed by atoms with Crippen molar-refractivity contribution in [3.63, 3.8) is 0 Å². The number of fused-ring (bicyclic) bond motifs is 1. The van der Waals surface area contributed by atoms with Crippen LogP contribution in [0.4, 0.5) is 17.1 Å². The molecule has 6 rings (SSSR count). The Hall–Kier alpha value is -5.48. The lowest BCUT2D eigenvalue weighted by Gasteiger charge is -2.14. The first-order valence-corrected chi connectivity index (χ1v) is 15.8.